The first-order valence-electron chi connectivity index (χ1n) is 8.35. The molecule has 0 radical (unpaired) electrons. The molecule has 134 valence electrons. The van der Waals surface area contributed by atoms with E-state index in [1.807, 2.05) is 0 Å². The summed E-state index contributed by atoms with van der Waals surface area (Å²) in [5.41, 5.74) is 2.38. The smallest absolute Gasteiger partial charge is 0.0420 e. The molecule has 0 aliphatic rings. The third kappa shape index (κ3) is 4.21. The maximum Gasteiger partial charge on any atom is 0.0420 e. The number of benzene rings is 4. The molecule has 0 aliphatic heterocycles. The van der Waals surface area contributed by atoms with Gasteiger partial charge < -0.3 is 10.6 Å². The van der Waals surface area contributed by atoms with E-state index in [1.165, 1.54) is 32.9 Å². The minimum Gasteiger partial charge on any atom is -0.383 e. The van der Waals surface area contributed by atoms with E-state index in [0.717, 1.165) is 13.1 Å². The molecule has 4 heteroatoms. The van der Waals surface area contributed by atoms with Gasteiger partial charge in [-0.1, -0.05) is 72.8 Å². The lowest BCUT2D eigenvalue weighted by molar-refractivity contribution is 1.08. The molecule has 0 saturated carbocycles. The highest BCUT2D eigenvalue weighted by Gasteiger charge is 2.01. The van der Waals surface area contributed by atoms with Crippen molar-refractivity contribution >= 4 is 57.7 Å². The van der Waals surface area contributed by atoms with Crippen LogP contribution in [0.25, 0.3) is 21.5 Å². The molecule has 0 unspecified atom stereocenters. The zero-order valence-electron chi connectivity index (χ0n) is 14.3. The first-order valence-corrected chi connectivity index (χ1v) is 8.35. The van der Waals surface area contributed by atoms with Gasteiger partial charge in [-0.15, -0.1) is 24.8 Å². The lowest BCUT2D eigenvalue weighted by Gasteiger charge is -2.12. The Kier molecular flexibility index (Phi) is 7.14. The monoisotopic (exact) mass is 384 g/mol. The van der Waals surface area contributed by atoms with Crippen molar-refractivity contribution in [2.24, 2.45) is 0 Å². The van der Waals surface area contributed by atoms with Crippen molar-refractivity contribution in [3.05, 3.63) is 84.9 Å². The van der Waals surface area contributed by atoms with Gasteiger partial charge in [0.1, 0.15) is 0 Å². The van der Waals surface area contributed by atoms with Crippen LogP contribution < -0.4 is 10.6 Å². The van der Waals surface area contributed by atoms with Crippen LogP contribution in [0.5, 0.6) is 0 Å². The summed E-state index contributed by atoms with van der Waals surface area (Å²) < 4.78 is 0. The fraction of sp³-hybridized carbons (Fsp3) is 0.0909. The van der Waals surface area contributed by atoms with Crippen LogP contribution in [0.15, 0.2) is 84.9 Å². The van der Waals surface area contributed by atoms with Crippen molar-refractivity contribution < 1.29 is 0 Å². The first kappa shape index (κ1) is 19.9. The van der Waals surface area contributed by atoms with Gasteiger partial charge in [-0.05, 0) is 22.9 Å². The van der Waals surface area contributed by atoms with Gasteiger partial charge in [-0.2, -0.15) is 0 Å². The van der Waals surface area contributed by atoms with Gasteiger partial charge >= 0.3 is 0 Å². The Bertz CT molecular complexity index is 894. The van der Waals surface area contributed by atoms with E-state index in [9.17, 15) is 0 Å². The van der Waals surface area contributed by atoms with E-state index in [1.54, 1.807) is 0 Å². The van der Waals surface area contributed by atoms with Gasteiger partial charge in [0.25, 0.3) is 0 Å². The van der Waals surface area contributed by atoms with Crippen LogP contribution in [-0.2, 0) is 0 Å². The predicted molar refractivity (Wildman–Crippen MR) is 119 cm³/mol. The molecule has 2 nitrogen and oxygen atoms in total. The molecule has 2 N–H and O–H groups in total. The van der Waals surface area contributed by atoms with Crippen LogP contribution in [0, 0.1) is 0 Å². The Morgan fingerprint density at radius 1 is 0.462 bits per heavy atom. The van der Waals surface area contributed by atoms with Gasteiger partial charge in [0.15, 0.2) is 0 Å². The standard InChI is InChI=1S/C22H20N2.2ClH/c1-3-11-19-17(7-1)9-5-13-21(19)23-15-16-24-22-14-6-10-18-8-2-4-12-20(18)22;;/h1-14,23-24H,15-16H2;2*1H. The van der Waals surface area contributed by atoms with Crippen LogP contribution in [-0.4, -0.2) is 13.1 Å². The van der Waals surface area contributed by atoms with Crippen molar-refractivity contribution in [3.8, 4) is 0 Å². The summed E-state index contributed by atoms with van der Waals surface area (Å²) in [5, 5.41) is 12.2. The third-order valence-electron chi connectivity index (χ3n) is 4.34. The van der Waals surface area contributed by atoms with Gasteiger partial charge in [0, 0.05) is 35.2 Å². The minimum atomic E-state index is 0. The second-order valence-electron chi connectivity index (χ2n) is 5.91. The molecule has 0 heterocycles. The maximum absolute atomic E-state index is 3.54. The Labute approximate surface area is 166 Å². The van der Waals surface area contributed by atoms with Gasteiger partial charge in [-0.25, -0.2) is 0 Å². The Balaban J connectivity index is 0.00000121. The van der Waals surface area contributed by atoms with E-state index >= 15 is 0 Å². The highest BCUT2D eigenvalue weighted by atomic mass is 35.5. The highest BCUT2D eigenvalue weighted by molar-refractivity contribution is 5.94. The number of hydrogen-bond acceptors (Lipinski definition) is 2. The molecule has 0 atom stereocenters. The summed E-state index contributed by atoms with van der Waals surface area (Å²) in [6.45, 7) is 1.74. The second-order valence-corrected chi connectivity index (χ2v) is 5.91. The molecule has 0 aliphatic carbocycles. The van der Waals surface area contributed by atoms with Crippen molar-refractivity contribution in [2.75, 3.05) is 23.7 Å². The van der Waals surface area contributed by atoms with Gasteiger partial charge in [-0.3, -0.25) is 0 Å². The minimum absolute atomic E-state index is 0. The lowest BCUT2D eigenvalue weighted by Crippen LogP contribution is -2.13. The molecular formula is C22H22Cl2N2. The van der Waals surface area contributed by atoms with Crippen LogP contribution in [0.3, 0.4) is 0 Å². The van der Waals surface area contributed by atoms with E-state index in [-0.39, 0.29) is 24.8 Å². The third-order valence-corrected chi connectivity index (χ3v) is 4.34. The molecule has 4 aromatic rings. The first-order chi connectivity index (χ1) is 11.9. The summed E-state index contributed by atoms with van der Waals surface area (Å²) in [4.78, 5) is 0. The van der Waals surface area contributed by atoms with Crippen LogP contribution in [0.1, 0.15) is 0 Å². The Morgan fingerprint density at radius 3 is 1.31 bits per heavy atom. The Hall–Kier alpha value is -2.42. The van der Waals surface area contributed by atoms with E-state index in [2.05, 4.69) is 95.6 Å². The fourth-order valence-corrected chi connectivity index (χ4v) is 3.15. The molecule has 0 fully saturated rings. The maximum atomic E-state index is 3.54. The average molecular weight is 385 g/mol. The summed E-state index contributed by atoms with van der Waals surface area (Å²) in [5.74, 6) is 0. The summed E-state index contributed by atoms with van der Waals surface area (Å²) in [7, 11) is 0. The summed E-state index contributed by atoms with van der Waals surface area (Å²) >= 11 is 0. The number of anilines is 2. The van der Waals surface area contributed by atoms with Crippen LogP contribution >= 0.6 is 24.8 Å². The van der Waals surface area contributed by atoms with Crippen molar-refractivity contribution in [1.29, 1.82) is 0 Å². The molecular weight excluding hydrogens is 363 g/mol. The summed E-state index contributed by atoms with van der Waals surface area (Å²) in [6, 6.07) is 29.7. The van der Waals surface area contributed by atoms with Crippen molar-refractivity contribution in [2.45, 2.75) is 0 Å². The van der Waals surface area contributed by atoms with E-state index in [0.29, 0.717) is 0 Å². The topological polar surface area (TPSA) is 24.1 Å². The fourth-order valence-electron chi connectivity index (χ4n) is 3.15. The van der Waals surface area contributed by atoms with Gasteiger partial charge in [0.05, 0.1) is 0 Å². The molecule has 4 aromatic carbocycles. The normalized spacial score (nSPS) is 10.0. The van der Waals surface area contributed by atoms with Crippen LogP contribution in [0.4, 0.5) is 11.4 Å². The Morgan fingerprint density at radius 2 is 0.846 bits per heavy atom. The van der Waals surface area contributed by atoms with Gasteiger partial charge in [0.2, 0.25) is 0 Å². The van der Waals surface area contributed by atoms with Crippen molar-refractivity contribution in [1.82, 2.24) is 0 Å². The van der Waals surface area contributed by atoms with Crippen molar-refractivity contribution in [3.63, 3.8) is 0 Å². The van der Waals surface area contributed by atoms with Crippen LogP contribution in [0.2, 0.25) is 0 Å². The molecule has 4 rings (SSSR count). The number of fused-ring (bicyclic) bond motifs is 2. The molecule has 0 amide bonds. The number of halogens is 2. The molecule has 0 bridgehead atoms. The molecule has 26 heavy (non-hydrogen) atoms. The molecule has 0 aromatic heterocycles. The number of rotatable bonds is 5. The number of hydrogen-bond donors (Lipinski definition) is 2. The average Bonchev–Trinajstić information content (AvgIpc) is 2.65. The lowest BCUT2D eigenvalue weighted by atomic mass is 10.1. The SMILES string of the molecule is Cl.Cl.c1ccc2c(NCCNc3cccc4ccccc34)cccc2c1. The molecule has 0 saturated heterocycles. The zero-order valence-corrected chi connectivity index (χ0v) is 15.9. The quantitative estimate of drug-likeness (QED) is 0.391. The second kappa shape index (κ2) is 9.33. The summed E-state index contributed by atoms with van der Waals surface area (Å²) in [6.07, 6.45) is 0. The highest BCUT2D eigenvalue weighted by Crippen LogP contribution is 2.24. The predicted octanol–water partition coefficient (Wildman–Crippen LogP) is 6.36. The van der Waals surface area contributed by atoms with E-state index in [4.69, 9.17) is 0 Å². The van der Waals surface area contributed by atoms with E-state index < -0.39 is 0 Å². The molecule has 0 spiro atoms. The zero-order chi connectivity index (χ0) is 16.2. The largest absolute Gasteiger partial charge is 0.383 e. The number of nitrogens with one attached hydrogen (secondary N) is 2.